The standard InChI is InChI=1S/C18H23FN4O/c19-13-11-15(17-16(12-13)21-8-9-22-17)18(24)23-10-7-20-14-5-3-1-2-4-6-14/h8-9,11-12,14,20H,1-7,10H2,(H,23,24). The number of fused-ring (bicyclic) bond motifs is 1. The summed E-state index contributed by atoms with van der Waals surface area (Å²) in [5, 5.41) is 6.34. The SMILES string of the molecule is O=C(NCCNC1CCCCCC1)c1cc(F)cc2nccnc12. The van der Waals surface area contributed by atoms with Crippen molar-refractivity contribution in [1.82, 2.24) is 20.6 Å². The van der Waals surface area contributed by atoms with Crippen molar-refractivity contribution in [1.29, 1.82) is 0 Å². The number of carbonyl (C=O) groups is 1. The molecule has 0 radical (unpaired) electrons. The highest BCUT2D eigenvalue weighted by atomic mass is 19.1. The molecule has 6 heteroatoms. The van der Waals surface area contributed by atoms with Crippen LogP contribution in [0, 0.1) is 5.82 Å². The molecule has 0 bridgehead atoms. The average molecular weight is 330 g/mol. The van der Waals surface area contributed by atoms with Gasteiger partial charge in [0, 0.05) is 37.6 Å². The summed E-state index contributed by atoms with van der Waals surface area (Å²) in [6, 6.07) is 3.04. The van der Waals surface area contributed by atoms with Crippen LogP contribution in [0.15, 0.2) is 24.5 Å². The van der Waals surface area contributed by atoms with E-state index in [0.717, 1.165) is 6.54 Å². The Hall–Kier alpha value is -2.08. The Morgan fingerprint density at radius 3 is 2.62 bits per heavy atom. The fourth-order valence-corrected chi connectivity index (χ4v) is 3.24. The fraction of sp³-hybridized carbons (Fsp3) is 0.500. The van der Waals surface area contributed by atoms with Gasteiger partial charge in [0.2, 0.25) is 0 Å². The molecule has 1 heterocycles. The third-order valence-electron chi connectivity index (χ3n) is 4.48. The number of rotatable bonds is 5. The third-order valence-corrected chi connectivity index (χ3v) is 4.48. The molecule has 0 atom stereocenters. The summed E-state index contributed by atoms with van der Waals surface area (Å²) in [6.45, 7) is 1.23. The second kappa shape index (κ2) is 8.15. The Balaban J connectivity index is 1.55. The highest BCUT2D eigenvalue weighted by Gasteiger charge is 2.14. The Bertz CT molecular complexity index is 698. The zero-order chi connectivity index (χ0) is 16.8. The van der Waals surface area contributed by atoms with Gasteiger partial charge < -0.3 is 10.6 Å². The van der Waals surface area contributed by atoms with Gasteiger partial charge in [-0.15, -0.1) is 0 Å². The van der Waals surface area contributed by atoms with E-state index in [4.69, 9.17) is 0 Å². The number of aromatic nitrogens is 2. The molecule has 1 amide bonds. The maximum atomic E-state index is 13.7. The summed E-state index contributed by atoms with van der Waals surface area (Å²) in [5.74, 6) is -0.799. The molecular weight excluding hydrogens is 307 g/mol. The van der Waals surface area contributed by atoms with Crippen LogP contribution in [0.5, 0.6) is 0 Å². The van der Waals surface area contributed by atoms with Crippen molar-refractivity contribution >= 4 is 16.9 Å². The molecule has 5 nitrogen and oxygen atoms in total. The second-order valence-electron chi connectivity index (χ2n) is 6.28. The van der Waals surface area contributed by atoms with Crippen LogP contribution in [0.2, 0.25) is 0 Å². The molecule has 1 aliphatic rings. The number of benzene rings is 1. The van der Waals surface area contributed by atoms with E-state index in [9.17, 15) is 9.18 Å². The summed E-state index contributed by atoms with van der Waals surface area (Å²) in [4.78, 5) is 20.6. The van der Waals surface area contributed by atoms with Crippen LogP contribution >= 0.6 is 0 Å². The molecule has 0 spiro atoms. The Labute approximate surface area is 141 Å². The molecule has 3 rings (SSSR count). The lowest BCUT2D eigenvalue weighted by Crippen LogP contribution is -2.37. The molecule has 0 unspecified atom stereocenters. The summed E-state index contributed by atoms with van der Waals surface area (Å²) in [5.41, 5.74) is 1.04. The average Bonchev–Trinajstić information content (AvgIpc) is 2.86. The summed E-state index contributed by atoms with van der Waals surface area (Å²) < 4.78 is 13.7. The van der Waals surface area contributed by atoms with Crippen LogP contribution in [0.4, 0.5) is 4.39 Å². The molecule has 1 fully saturated rings. The number of amides is 1. The zero-order valence-corrected chi connectivity index (χ0v) is 13.7. The van der Waals surface area contributed by atoms with Gasteiger partial charge in [0.15, 0.2) is 0 Å². The van der Waals surface area contributed by atoms with Crippen molar-refractivity contribution in [2.24, 2.45) is 0 Å². The lowest BCUT2D eigenvalue weighted by Gasteiger charge is -2.16. The third kappa shape index (κ3) is 4.26. The predicted octanol–water partition coefficient (Wildman–Crippen LogP) is 2.81. The van der Waals surface area contributed by atoms with E-state index in [-0.39, 0.29) is 11.5 Å². The van der Waals surface area contributed by atoms with Crippen LogP contribution < -0.4 is 10.6 Å². The first kappa shape index (κ1) is 16.8. The molecule has 1 aromatic carbocycles. The van der Waals surface area contributed by atoms with Crippen LogP contribution in [0.3, 0.4) is 0 Å². The smallest absolute Gasteiger partial charge is 0.253 e. The van der Waals surface area contributed by atoms with Crippen molar-refractivity contribution in [3.05, 3.63) is 35.9 Å². The molecule has 0 aliphatic heterocycles. The lowest BCUT2D eigenvalue weighted by molar-refractivity contribution is 0.0954. The van der Waals surface area contributed by atoms with E-state index >= 15 is 0 Å². The molecule has 0 saturated heterocycles. The van der Waals surface area contributed by atoms with Gasteiger partial charge >= 0.3 is 0 Å². The van der Waals surface area contributed by atoms with Gasteiger partial charge in [0.25, 0.3) is 5.91 Å². The van der Waals surface area contributed by atoms with E-state index < -0.39 is 5.82 Å². The Kier molecular flexibility index (Phi) is 5.69. The number of nitrogens with zero attached hydrogens (tertiary/aromatic N) is 2. The van der Waals surface area contributed by atoms with Crippen LogP contribution in [-0.4, -0.2) is 35.0 Å². The van der Waals surface area contributed by atoms with E-state index in [0.29, 0.717) is 23.6 Å². The van der Waals surface area contributed by atoms with Crippen molar-refractivity contribution < 1.29 is 9.18 Å². The quantitative estimate of drug-likeness (QED) is 0.653. The first-order valence-corrected chi connectivity index (χ1v) is 8.66. The Morgan fingerprint density at radius 1 is 1.08 bits per heavy atom. The van der Waals surface area contributed by atoms with Gasteiger partial charge in [-0.25, -0.2) is 4.39 Å². The van der Waals surface area contributed by atoms with Gasteiger partial charge in [-0.3, -0.25) is 14.8 Å². The van der Waals surface area contributed by atoms with Gasteiger partial charge in [-0.05, 0) is 18.9 Å². The van der Waals surface area contributed by atoms with Crippen LogP contribution in [0.25, 0.3) is 11.0 Å². The number of halogens is 1. The molecule has 1 saturated carbocycles. The summed E-state index contributed by atoms with van der Waals surface area (Å²) in [6.07, 6.45) is 10.6. The molecule has 2 N–H and O–H groups in total. The minimum atomic E-state index is -0.482. The largest absolute Gasteiger partial charge is 0.351 e. The maximum absolute atomic E-state index is 13.7. The summed E-state index contributed by atoms with van der Waals surface area (Å²) >= 11 is 0. The molecule has 1 aromatic heterocycles. The minimum Gasteiger partial charge on any atom is -0.351 e. The van der Waals surface area contributed by atoms with E-state index in [1.807, 2.05) is 0 Å². The van der Waals surface area contributed by atoms with Gasteiger partial charge in [0.05, 0.1) is 11.1 Å². The van der Waals surface area contributed by atoms with Crippen LogP contribution in [-0.2, 0) is 0 Å². The number of carbonyl (C=O) groups excluding carboxylic acids is 1. The van der Waals surface area contributed by atoms with Gasteiger partial charge in [-0.1, -0.05) is 25.7 Å². The monoisotopic (exact) mass is 330 g/mol. The number of hydrogen-bond acceptors (Lipinski definition) is 4. The maximum Gasteiger partial charge on any atom is 0.253 e. The molecule has 24 heavy (non-hydrogen) atoms. The second-order valence-corrected chi connectivity index (χ2v) is 6.28. The van der Waals surface area contributed by atoms with E-state index in [1.54, 1.807) is 0 Å². The molecule has 2 aromatic rings. The van der Waals surface area contributed by atoms with Crippen molar-refractivity contribution in [3.8, 4) is 0 Å². The van der Waals surface area contributed by atoms with E-state index in [1.165, 1.54) is 63.1 Å². The molecule has 128 valence electrons. The van der Waals surface area contributed by atoms with E-state index in [2.05, 4.69) is 20.6 Å². The minimum absolute atomic E-state index is 0.229. The van der Waals surface area contributed by atoms with Gasteiger partial charge in [-0.2, -0.15) is 0 Å². The van der Waals surface area contributed by atoms with Crippen molar-refractivity contribution in [2.75, 3.05) is 13.1 Å². The predicted molar refractivity (Wildman–Crippen MR) is 91.3 cm³/mol. The Morgan fingerprint density at radius 2 is 1.83 bits per heavy atom. The van der Waals surface area contributed by atoms with Crippen LogP contribution in [0.1, 0.15) is 48.9 Å². The van der Waals surface area contributed by atoms with Crippen molar-refractivity contribution in [3.63, 3.8) is 0 Å². The highest BCUT2D eigenvalue weighted by molar-refractivity contribution is 6.04. The van der Waals surface area contributed by atoms with Crippen molar-refractivity contribution in [2.45, 2.75) is 44.6 Å². The fourth-order valence-electron chi connectivity index (χ4n) is 3.24. The zero-order valence-electron chi connectivity index (χ0n) is 13.7. The molecule has 1 aliphatic carbocycles. The molecular formula is C18H23FN4O. The normalized spacial score (nSPS) is 16.0. The highest BCUT2D eigenvalue weighted by Crippen LogP contribution is 2.17. The van der Waals surface area contributed by atoms with Gasteiger partial charge in [0.1, 0.15) is 11.3 Å². The summed E-state index contributed by atoms with van der Waals surface area (Å²) in [7, 11) is 0. The lowest BCUT2D eigenvalue weighted by atomic mass is 10.1. The number of hydrogen-bond donors (Lipinski definition) is 2. The topological polar surface area (TPSA) is 66.9 Å². The first-order valence-electron chi connectivity index (χ1n) is 8.66. The first-order chi connectivity index (χ1) is 11.7. The number of nitrogens with one attached hydrogen (secondary N) is 2.